The molecule has 0 aliphatic carbocycles. The first-order valence-corrected chi connectivity index (χ1v) is 9.42. The Morgan fingerprint density at radius 1 is 1.07 bits per heavy atom. The van der Waals surface area contributed by atoms with E-state index in [1.54, 1.807) is 7.11 Å². The van der Waals surface area contributed by atoms with Crippen molar-refractivity contribution >= 4 is 23.4 Å². The Morgan fingerprint density at radius 3 is 2.52 bits per heavy atom. The molecule has 1 aromatic heterocycles. The Bertz CT molecular complexity index is 949. The summed E-state index contributed by atoms with van der Waals surface area (Å²) in [5.74, 6) is 1.06. The van der Waals surface area contributed by atoms with Crippen LogP contribution in [0.2, 0.25) is 0 Å². The molecule has 0 bridgehead atoms. The second-order valence-electron chi connectivity index (χ2n) is 6.29. The number of carbonyl (C=O) groups is 1. The maximum Gasteiger partial charge on any atom is 0.277 e. The number of benzene rings is 2. The first-order valence-electron chi connectivity index (χ1n) is 8.44. The van der Waals surface area contributed by atoms with Crippen LogP contribution < -0.4 is 10.1 Å². The summed E-state index contributed by atoms with van der Waals surface area (Å²) in [6, 6.07) is 11.7. The Hall–Kier alpha value is -2.80. The number of anilines is 1. The fourth-order valence-electron chi connectivity index (χ4n) is 2.72. The van der Waals surface area contributed by atoms with Crippen molar-refractivity contribution in [2.24, 2.45) is 0 Å². The van der Waals surface area contributed by atoms with Gasteiger partial charge in [-0.2, -0.15) is 0 Å². The van der Waals surface area contributed by atoms with Gasteiger partial charge in [-0.3, -0.25) is 4.79 Å². The minimum Gasteiger partial charge on any atom is -0.495 e. The molecule has 3 aromatic rings. The van der Waals surface area contributed by atoms with E-state index in [1.165, 1.54) is 11.8 Å². The summed E-state index contributed by atoms with van der Waals surface area (Å²) >= 11 is 1.20. The van der Waals surface area contributed by atoms with Gasteiger partial charge in [-0.1, -0.05) is 35.0 Å². The van der Waals surface area contributed by atoms with E-state index in [9.17, 15) is 4.79 Å². The van der Waals surface area contributed by atoms with Crippen molar-refractivity contribution in [3.8, 4) is 17.2 Å². The number of aryl methyl sites for hydroxylation is 3. The largest absolute Gasteiger partial charge is 0.495 e. The molecule has 1 amide bonds. The number of hydrogen-bond acceptors (Lipinski definition) is 6. The van der Waals surface area contributed by atoms with Crippen LogP contribution in [0.15, 0.2) is 46.0 Å². The van der Waals surface area contributed by atoms with Crippen LogP contribution in [0, 0.1) is 20.8 Å². The SMILES string of the molecule is COc1ccc(C)cc1NC(=O)CSc1nnc(-c2cc(C)cc(C)c2)o1. The molecule has 6 nitrogen and oxygen atoms in total. The standard InChI is InChI=1S/C20H21N3O3S/c1-12-5-6-17(25-4)16(10-12)21-18(24)11-27-20-23-22-19(26-20)15-8-13(2)7-14(3)9-15/h5-10H,11H2,1-4H3,(H,21,24). The molecule has 0 fully saturated rings. The van der Waals surface area contributed by atoms with Crippen LogP contribution in [0.5, 0.6) is 5.75 Å². The van der Waals surface area contributed by atoms with E-state index in [2.05, 4.69) is 21.6 Å². The van der Waals surface area contributed by atoms with Crippen LogP contribution >= 0.6 is 11.8 Å². The number of amides is 1. The molecule has 0 saturated carbocycles. The molecule has 0 spiro atoms. The fraction of sp³-hybridized carbons (Fsp3) is 0.250. The van der Waals surface area contributed by atoms with Crippen molar-refractivity contribution in [3.05, 3.63) is 53.1 Å². The summed E-state index contributed by atoms with van der Waals surface area (Å²) < 4.78 is 11.0. The molecule has 0 saturated heterocycles. The van der Waals surface area contributed by atoms with Crippen LogP contribution in [0.1, 0.15) is 16.7 Å². The van der Waals surface area contributed by atoms with Gasteiger partial charge in [0, 0.05) is 5.56 Å². The monoisotopic (exact) mass is 383 g/mol. The second kappa shape index (κ2) is 8.26. The van der Waals surface area contributed by atoms with E-state index in [0.717, 1.165) is 22.3 Å². The van der Waals surface area contributed by atoms with Crippen molar-refractivity contribution in [1.82, 2.24) is 10.2 Å². The van der Waals surface area contributed by atoms with Crippen LogP contribution in [0.4, 0.5) is 5.69 Å². The van der Waals surface area contributed by atoms with Gasteiger partial charge < -0.3 is 14.5 Å². The van der Waals surface area contributed by atoms with E-state index in [-0.39, 0.29) is 11.7 Å². The van der Waals surface area contributed by atoms with Gasteiger partial charge in [0.25, 0.3) is 5.22 Å². The number of carbonyl (C=O) groups excluding carboxylic acids is 1. The van der Waals surface area contributed by atoms with Crippen LogP contribution in [0.25, 0.3) is 11.5 Å². The Balaban J connectivity index is 1.63. The van der Waals surface area contributed by atoms with Gasteiger partial charge in [0.1, 0.15) is 5.75 Å². The number of thioether (sulfide) groups is 1. The molecule has 0 aliphatic heterocycles. The van der Waals surface area contributed by atoms with Crippen LogP contribution in [-0.2, 0) is 4.79 Å². The summed E-state index contributed by atoms with van der Waals surface area (Å²) in [6.07, 6.45) is 0. The van der Waals surface area contributed by atoms with E-state index in [4.69, 9.17) is 9.15 Å². The van der Waals surface area contributed by atoms with Crippen LogP contribution in [0.3, 0.4) is 0 Å². The van der Waals surface area contributed by atoms with Gasteiger partial charge in [0.15, 0.2) is 0 Å². The highest BCUT2D eigenvalue weighted by atomic mass is 32.2. The smallest absolute Gasteiger partial charge is 0.277 e. The molecule has 140 valence electrons. The third-order valence-electron chi connectivity index (χ3n) is 3.83. The van der Waals surface area contributed by atoms with Crippen molar-refractivity contribution < 1.29 is 13.9 Å². The highest BCUT2D eigenvalue weighted by Crippen LogP contribution is 2.27. The van der Waals surface area contributed by atoms with Gasteiger partial charge >= 0.3 is 0 Å². The van der Waals surface area contributed by atoms with Crippen molar-refractivity contribution in [2.45, 2.75) is 26.0 Å². The molecular weight excluding hydrogens is 362 g/mol. The summed E-state index contributed by atoms with van der Waals surface area (Å²) in [5.41, 5.74) is 4.81. The number of nitrogens with one attached hydrogen (secondary N) is 1. The fourth-order valence-corrected chi connectivity index (χ4v) is 3.28. The first-order chi connectivity index (χ1) is 12.9. The third kappa shape index (κ3) is 4.89. The average molecular weight is 383 g/mol. The molecule has 3 rings (SSSR count). The predicted molar refractivity (Wildman–Crippen MR) is 106 cm³/mol. The highest BCUT2D eigenvalue weighted by molar-refractivity contribution is 7.99. The van der Waals surface area contributed by atoms with E-state index >= 15 is 0 Å². The van der Waals surface area contributed by atoms with Gasteiger partial charge in [0.05, 0.1) is 18.6 Å². The molecule has 0 radical (unpaired) electrons. The van der Waals surface area contributed by atoms with Gasteiger partial charge in [0.2, 0.25) is 11.8 Å². The Morgan fingerprint density at radius 2 is 1.81 bits per heavy atom. The average Bonchev–Trinajstić information content (AvgIpc) is 3.08. The zero-order valence-corrected chi connectivity index (χ0v) is 16.5. The number of nitrogens with zero attached hydrogens (tertiary/aromatic N) is 2. The lowest BCUT2D eigenvalue weighted by Gasteiger charge is -2.10. The lowest BCUT2D eigenvalue weighted by molar-refractivity contribution is -0.113. The Labute approximate surface area is 162 Å². The Kier molecular flexibility index (Phi) is 5.81. The second-order valence-corrected chi connectivity index (χ2v) is 7.22. The van der Waals surface area contributed by atoms with Crippen LogP contribution in [-0.4, -0.2) is 29.0 Å². The topological polar surface area (TPSA) is 77.2 Å². The molecule has 0 unspecified atom stereocenters. The number of aromatic nitrogens is 2. The van der Waals surface area contributed by atoms with Crippen molar-refractivity contribution in [1.29, 1.82) is 0 Å². The molecule has 2 aromatic carbocycles. The molecule has 27 heavy (non-hydrogen) atoms. The minimum absolute atomic E-state index is 0.158. The maximum atomic E-state index is 12.3. The maximum absolute atomic E-state index is 12.3. The lowest BCUT2D eigenvalue weighted by Crippen LogP contribution is -2.14. The molecule has 1 heterocycles. The molecule has 7 heteroatoms. The zero-order chi connectivity index (χ0) is 19.4. The lowest BCUT2D eigenvalue weighted by atomic mass is 10.1. The third-order valence-corrected chi connectivity index (χ3v) is 4.65. The normalized spacial score (nSPS) is 10.7. The number of methoxy groups -OCH3 is 1. The predicted octanol–water partition coefficient (Wildman–Crippen LogP) is 4.40. The quantitative estimate of drug-likeness (QED) is 0.636. The highest BCUT2D eigenvalue weighted by Gasteiger charge is 2.13. The molecule has 0 aliphatic rings. The summed E-state index contributed by atoms with van der Waals surface area (Å²) in [5, 5.41) is 11.3. The number of hydrogen-bond donors (Lipinski definition) is 1. The number of ether oxygens (including phenoxy) is 1. The zero-order valence-electron chi connectivity index (χ0n) is 15.7. The molecular formula is C20H21N3O3S. The molecule has 1 N–H and O–H groups in total. The van der Waals surface area contributed by atoms with Crippen molar-refractivity contribution in [2.75, 3.05) is 18.2 Å². The summed E-state index contributed by atoms with van der Waals surface area (Å²) in [6.45, 7) is 6.00. The molecule has 0 atom stereocenters. The van der Waals surface area contributed by atoms with Crippen molar-refractivity contribution in [3.63, 3.8) is 0 Å². The van der Waals surface area contributed by atoms with E-state index < -0.39 is 0 Å². The first kappa shape index (κ1) is 19.0. The summed E-state index contributed by atoms with van der Waals surface area (Å²) in [7, 11) is 1.57. The van der Waals surface area contributed by atoms with E-state index in [1.807, 2.05) is 51.1 Å². The van der Waals surface area contributed by atoms with Gasteiger partial charge in [-0.05, 0) is 50.6 Å². The minimum atomic E-state index is -0.171. The number of rotatable bonds is 6. The van der Waals surface area contributed by atoms with Gasteiger partial charge in [-0.25, -0.2) is 0 Å². The van der Waals surface area contributed by atoms with Gasteiger partial charge in [-0.15, -0.1) is 10.2 Å². The summed E-state index contributed by atoms with van der Waals surface area (Å²) in [4.78, 5) is 12.3. The van der Waals surface area contributed by atoms with E-state index in [0.29, 0.717) is 22.6 Å².